The lowest BCUT2D eigenvalue weighted by molar-refractivity contribution is -0.120. The zero-order valence-electron chi connectivity index (χ0n) is 10.1. The van der Waals surface area contributed by atoms with Crippen LogP contribution in [0.25, 0.3) is 0 Å². The summed E-state index contributed by atoms with van der Waals surface area (Å²) in [5.74, 6) is -0.0686. The van der Waals surface area contributed by atoms with E-state index < -0.39 is 0 Å². The van der Waals surface area contributed by atoms with E-state index in [-0.39, 0.29) is 11.5 Å². The fourth-order valence-corrected chi connectivity index (χ4v) is 1.62. The van der Waals surface area contributed by atoms with E-state index in [1.54, 1.807) is 0 Å². The van der Waals surface area contributed by atoms with E-state index in [4.69, 9.17) is 0 Å². The molecule has 2 rings (SSSR count). The lowest BCUT2D eigenvalue weighted by Gasteiger charge is -2.04. The summed E-state index contributed by atoms with van der Waals surface area (Å²) in [4.78, 5) is 22.5. The average Bonchev–Trinajstić information content (AvgIpc) is 2.76. The van der Waals surface area contributed by atoms with Crippen LogP contribution in [-0.4, -0.2) is 16.1 Å². The number of nitrogens with one attached hydrogen (secondary N) is 3. The minimum absolute atomic E-state index is 0.0686. The molecule has 0 saturated heterocycles. The maximum absolute atomic E-state index is 11.7. The summed E-state index contributed by atoms with van der Waals surface area (Å²) < 4.78 is 0. The van der Waals surface area contributed by atoms with Gasteiger partial charge in [-0.3, -0.25) is 14.7 Å². The van der Waals surface area contributed by atoms with Gasteiger partial charge in [-0.2, -0.15) is 0 Å². The number of aryl methyl sites for hydroxylation is 1. The smallest absolute Gasteiger partial charge is 0.264 e. The van der Waals surface area contributed by atoms with Crippen molar-refractivity contribution in [3.05, 3.63) is 57.5 Å². The third kappa shape index (κ3) is 3.35. The molecule has 0 aliphatic carbocycles. The number of H-pyrrole nitrogens is 2. The van der Waals surface area contributed by atoms with Gasteiger partial charge in [0.15, 0.2) is 0 Å². The fourth-order valence-electron chi connectivity index (χ4n) is 1.62. The molecular weight excluding hydrogens is 230 g/mol. The number of carbonyl (C=O) groups is 1. The highest BCUT2D eigenvalue weighted by Gasteiger charge is 2.04. The molecule has 0 unspecified atom stereocenters. The molecule has 18 heavy (non-hydrogen) atoms. The van der Waals surface area contributed by atoms with Crippen molar-refractivity contribution in [2.75, 3.05) is 0 Å². The molecule has 1 aromatic carbocycles. The Morgan fingerprint density at radius 3 is 2.56 bits per heavy atom. The Hall–Kier alpha value is -2.30. The van der Waals surface area contributed by atoms with Gasteiger partial charge in [0.2, 0.25) is 5.91 Å². The van der Waals surface area contributed by atoms with Gasteiger partial charge in [0.05, 0.1) is 18.7 Å². The van der Waals surface area contributed by atoms with E-state index in [1.807, 2.05) is 31.2 Å². The van der Waals surface area contributed by atoms with E-state index >= 15 is 0 Å². The summed E-state index contributed by atoms with van der Waals surface area (Å²) in [5.41, 5.74) is 2.61. The zero-order chi connectivity index (χ0) is 13.0. The molecule has 0 aliphatic rings. The van der Waals surface area contributed by atoms with Crippen LogP contribution in [0.5, 0.6) is 0 Å². The number of carbonyl (C=O) groups excluding carboxylic acids is 1. The van der Waals surface area contributed by atoms with Gasteiger partial charge in [-0.25, -0.2) is 0 Å². The molecule has 0 atom stereocenters. The Kier molecular flexibility index (Phi) is 3.62. The lowest BCUT2D eigenvalue weighted by atomic mass is 10.1. The van der Waals surface area contributed by atoms with E-state index in [0.717, 1.165) is 5.56 Å². The van der Waals surface area contributed by atoms with Gasteiger partial charge in [0.1, 0.15) is 0 Å². The largest absolute Gasteiger partial charge is 0.350 e. The number of aromatic nitrogens is 2. The van der Waals surface area contributed by atoms with Gasteiger partial charge in [0.25, 0.3) is 5.56 Å². The van der Waals surface area contributed by atoms with Gasteiger partial charge in [-0.15, -0.1) is 0 Å². The second kappa shape index (κ2) is 5.35. The van der Waals surface area contributed by atoms with Crippen molar-refractivity contribution in [1.82, 2.24) is 15.5 Å². The highest BCUT2D eigenvalue weighted by atomic mass is 16.1. The van der Waals surface area contributed by atoms with Crippen LogP contribution in [0.1, 0.15) is 16.8 Å². The molecule has 1 aromatic heterocycles. The van der Waals surface area contributed by atoms with E-state index in [2.05, 4.69) is 15.5 Å². The number of hydrogen-bond acceptors (Lipinski definition) is 2. The second-order valence-corrected chi connectivity index (χ2v) is 4.22. The average molecular weight is 245 g/mol. The predicted octanol–water partition coefficient (Wildman–Crippen LogP) is 0.870. The van der Waals surface area contributed by atoms with Crippen molar-refractivity contribution in [2.24, 2.45) is 0 Å². The molecule has 5 nitrogen and oxygen atoms in total. The fraction of sp³-hybridized carbons (Fsp3) is 0.231. The summed E-state index contributed by atoms with van der Waals surface area (Å²) in [6, 6.07) is 9.25. The summed E-state index contributed by atoms with van der Waals surface area (Å²) in [6.07, 6.45) is 0.342. The van der Waals surface area contributed by atoms with Crippen molar-refractivity contribution in [2.45, 2.75) is 19.9 Å². The Balaban J connectivity index is 1.85. The van der Waals surface area contributed by atoms with Crippen LogP contribution >= 0.6 is 0 Å². The minimum Gasteiger partial charge on any atom is -0.350 e. The topological polar surface area (TPSA) is 77.8 Å². The number of rotatable bonds is 4. The van der Waals surface area contributed by atoms with Crippen LogP contribution in [-0.2, 0) is 17.8 Å². The van der Waals surface area contributed by atoms with Crippen LogP contribution in [0.15, 0.2) is 35.1 Å². The number of benzene rings is 1. The molecule has 0 radical (unpaired) electrons. The highest BCUT2D eigenvalue weighted by Crippen LogP contribution is 2.03. The van der Waals surface area contributed by atoms with Gasteiger partial charge < -0.3 is 10.4 Å². The molecule has 5 heteroatoms. The Morgan fingerprint density at radius 2 is 1.94 bits per heavy atom. The summed E-state index contributed by atoms with van der Waals surface area (Å²) in [7, 11) is 0. The van der Waals surface area contributed by atoms with Crippen LogP contribution in [0.4, 0.5) is 0 Å². The van der Waals surface area contributed by atoms with Crippen LogP contribution in [0.3, 0.4) is 0 Å². The highest BCUT2D eigenvalue weighted by molar-refractivity contribution is 5.78. The van der Waals surface area contributed by atoms with Crippen LogP contribution in [0.2, 0.25) is 0 Å². The first kappa shape index (κ1) is 12.2. The second-order valence-electron chi connectivity index (χ2n) is 4.22. The van der Waals surface area contributed by atoms with E-state index in [0.29, 0.717) is 18.7 Å². The van der Waals surface area contributed by atoms with Crippen LogP contribution < -0.4 is 10.9 Å². The molecule has 3 N–H and O–H groups in total. The Bertz CT molecular complexity index is 581. The lowest BCUT2D eigenvalue weighted by Crippen LogP contribution is -2.24. The maximum Gasteiger partial charge on any atom is 0.264 e. The van der Waals surface area contributed by atoms with Gasteiger partial charge in [0, 0.05) is 6.07 Å². The van der Waals surface area contributed by atoms with E-state index in [1.165, 1.54) is 11.6 Å². The third-order valence-corrected chi connectivity index (χ3v) is 2.61. The van der Waals surface area contributed by atoms with Crippen molar-refractivity contribution >= 4 is 5.91 Å². The van der Waals surface area contributed by atoms with Gasteiger partial charge in [-0.05, 0) is 12.5 Å². The SMILES string of the molecule is Cc1ccc(CC(=O)NCc2cc(=O)[nH][nH]2)cc1. The number of aromatic amines is 2. The van der Waals surface area contributed by atoms with Crippen molar-refractivity contribution in [1.29, 1.82) is 0 Å². The quantitative estimate of drug-likeness (QED) is 0.747. The summed E-state index contributed by atoms with van der Waals surface area (Å²) >= 11 is 0. The molecule has 0 spiro atoms. The molecule has 94 valence electrons. The molecule has 2 aromatic rings. The van der Waals surface area contributed by atoms with Crippen molar-refractivity contribution < 1.29 is 4.79 Å². The summed E-state index contributed by atoms with van der Waals surface area (Å²) in [5, 5.41) is 7.84. The molecule has 1 amide bonds. The molecule has 1 heterocycles. The summed E-state index contributed by atoms with van der Waals surface area (Å²) in [6.45, 7) is 2.33. The predicted molar refractivity (Wildman–Crippen MR) is 68.1 cm³/mol. The molecular formula is C13H15N3O2. The number of hydrogen-bond donors (Lipinski definition) is 3. The van der Waals surface area contributed by atoms with Crippen molar-refractivity contribution in [3.63, 3.8) is 0 Å². The van der Waals surface area contributed by atoms with Crippen LogP contribution in [0, 0.1) is 6.92 Å². The first-order valence-electron chi connectivity index (χ1n) is 5.72. The monoisotopic (exact) mass is 245 g/mol. The molecule has 0 saturated carbocycles. The molecule has 0 aliphatic heterocycles. The first-order chi connectivity index (χ1) is 8.63. The minimum atomic E-state index is -0.196. The Morgan fingerprint density at radius 1 is 1.22 bits per heavy atom. The zero-order valence-corrected chi connectivity index (χ0v) is 10.1. The van der Waals surface area contributed by atoms with Gasteiger partial charge in [-0.1, -0.05) is 29.8 Å². The number of amides is 1. The normalized spacial score (nSPS) is 10.3. The maximum atomic E-state index is 11.7. The van der Waals surface area contributed by atoms with Crippen molar-refractivity contribution in [3.8, 4) is 0 Å². The van der Waals surface area contributed by atoms with Gasteiger partial charge >= 0.3 is 0 Å². The molecule has 0 fully saturated rings. The van der Waals surface area contributed by atoms with E-state index in [9.17, 15) is 9.59 Å². The molecule has 0 bridgehead atoms. The first-order valence-corrected chi connectivity index (χ1v) is 5.72. The Labute approximate surface area is 104 Å². The standard InChI is InChI=1S/C13H15N3O2/c1-9-2-4-10(5-3-9)6-12(17)14-8-11-7-13(18)16-15-11/h2-5,7H,6,8H2,1H3,(H,14,17)(H2,15,16,18). The third-order valence-electron chi connectivity index (χ3n) is 2.61.